The summed E-state index contributed by atoms with van der Waals surface area (Å²) >= 11 is 0. The van der Waals surface area contributed by atoms with Crippen molar-refractivity contribution in [3.63, 3.8) is 0 Å². The molecule has 3 saturated carbocycles. The molecule has 0 radical (unpaired) electrons. The molecule has 0 aromatic carbocycles. The van der Waals surface area contributed by atoms with E-state index in [0.29, 0.717) is 37.7 Å². The van der Waals surface area contributed by atoms with Crippen molar-refractivity contribution < 1.29 is 39.2 Å². The van der Waals surface area contributed by atoms with Crippen LogP contribution in [0.3, 0.4) is 0 Å². The van der Waals surface area contributed by atoms with E-state index in [1.54, 1.807) is 6.92 Å². The Morgan fingerprint density at radius 3 is 2.37 bits per heavy atom. The minimum absolute atomic E-state index is 0.0717. The van der Waals surface area contributed by atoms with Crippen molar-refractivity contribution in [2.75, 3.05) is 0 Å². The summed E-state index contributed by atoms with van der Waals surface area (Å²) in [5.41, 5.74) is -0.563. The van der Waals surface area contributed by atoms with Gasteiger partial charge in [0, 0.05) is 42.1 Å². The van der Waals surface area contributed by atoms with Crippen LogP contribution in [-0.2, 0) is 23.9 Å². The van der Waals surface area contributed by atoms with E-state index in [0.717, 1.165) is 11.1 Å². The van der Waals surface area contributed by atoms with Crippen LogP contribution in [0.1, 0.15) is 80.1 Å². The van der Waals surface area contributed by atoms with Crippen LogP contribution in [0, 0.1) is 34.5 Å². The van der Waals surface area contributed by atoms with Crippen molar-refractivity contribution in [1.29, 1.82) is 0 Å². The highest BCUT2D eigenvalue weighted by atomic mass is 16.6. The molecule has 11 atom stereocenters. The maximum Gasteiger partial charge on any atom is 0.333 e. The SMILES string of the molecule is CC(=O)O[C@H]1C=C([C@H](C)[C@H]2CC(C)=C(C)C(=O)O2)[C@@]2(C)CC[C@H]3[C@@H](CC[C@H]4[C@@H](O)[C@@H](O)CC(=O)[C@@]43C)[C@]12O. The fraction of sp³-hybridized carbons (Fsp3) is 0.767. The average Bonchev–Trinajstić information content (AvgIpc) is 3.07. The van der Waals surface area contributed by atoms with Crippen molar-refractivity contribution >= 4 is 17.7 Å². The smallest absolute Gasteiger partial charge is 0.333 e. The van der Waals surface area contributed by atoms with E-state index in [9.17, 15) is 29.7 Å². The summed E-state index contributed by atoms with van der Waals surface area (Å²) in [6.07, 6.45) is 1.28. The molecule has 3 N–H and O–H groups in total. The van der Waals surface area contributed by atoms with Crippen molar-refractivity contribution in [2.24, 2.45) is 34.5 Å². The molecule has 1 heterocycles. The summed E-state index contributed by atoms with van der Waals surface area (Å²) in [6.45, 7) is 11.0. The van der Waals surface area contributed by atoms with Crippen LogP contribution < -0.4 is 0 Å². The predicted octanol–water partition coefficient (Wildman–Crippen LogP) is 3.02. The van der Waals surface area contributed by atoms with E-state index in [2.05, 4.69) is 0 Å². The highest BCUT2D eigenvalue weighted by Gasteiger charge is 2.72. The highest BCUT2D eigenvalue weighted by molar-refractivity contribution is 5.89. The van der Waals surface area contributed by atoms with Crippen LogP contribution in [0.25, 0.3) is 0 Å². The summed E-state index contributed by atoms with van der Waals surface area (Å²) < 4.78 is 11.6. The summed E-state index contributed by atoms with van der Waals surface area (Å²) in [6, 6.07) is 0. The first kappa shape index (κ1) is 27.5. The molecule has 0 unspecified atom stereocenters. The van der Waals surface area contributed by atoms with Crippen LogP contribution in [0.2, 0.25) is 0 Å². The number of carbonyl (C=O) groups is 3. The lowest BCUT2D eigenvalue weighted by atomic mass is 9.42. The summed E-state index contributed by atoms with van der Waals surface area (Å²) in [7, 11) is 0. The molecule has 210 valence electrons. The minimum Gasteiger partial charge on any atom is -0.458 e. The lowest BCUT2D eigenvalue weighted by Crippen LogP contribution is -2.69. The Morgan fingerprint density at radius 1 is 1.08 bits per heavy atom. The van der Waals surface area contributed by atoms with E-state index in [-0.39, 0.29) is 41.8 Å². The van der Waals surface area contributed by atoms with Gasteiger partial charge in [-0.15, -0.1) is 0 Å². The van der Waals surface area contributed by atoms with E-state index in [1.807, 2.05) is 33.8 Å². The van der Waals surface area contributed by atoms with E-state index >= 15 is 0 Å². The Morgan fingerprint density at radius 2 is 1.74 bits per heavy atom. The van der Waals surface area contributed by atoms with Gasteiger partial charge in [-0.25, -0.2) is 4.79 Å². The van der Waals surface area contributed by atoms with Gasteiger partial charge < -0.3 is 24.8 Å². The zero-order valence-corrected chi connectivity index (χ0v) is 23.3. The first-order valence-electron chi connectivity index (χ1n) is 14.1. The molecule has 3 fully saturated rings. The van der Waals surface area contributed by atoms with E-state index in [4.69, 9.17) is 9.47 Å². The van der Waals surface area contributed by atoms with Crippen LogP contribution in [0.4, 0.5) is 0 Å². The van der Waals surface area contributed by atoms with Gasteiger partial charge in [-0.1, -0.05) is 31.9 Å². The fourth-order valence-corrected chi connectivity index (χ4v) is 9.08. The van der Waals surface area contributed by atoms with Gasteiger partial charge in [0.15, 0.2) is 0 Å². The number of esters is 2. The molecule has 0 bridgehead atoms. The number of hydrogen-bond donors (Lipinski definition) is 3. The lowest BCUT2D eigenvalue weighted by molar-refractivity contribution is -0.239. The third-order valence-corrected chi connectivity index (χ3v) is 11.5. The van der Waals surface area contributed by atoms with Gasteiger partial charge in [0.25, 0.3) is 0 Å². The monoisotopic (exact) mass is 530 g/mol. The summed E-state index contributed by atoms with van der Waals surface area (Å²) in [5, 5.41) is 34.0. The molecule has 5 rings (SSSR count). The van der Waals surface area contributed by atoms with E-state index in [1.165, 1.54) is 6.92 Å². The molecular weight excluding hydrogens is 488 g/mol. The quantitative estimate of drug-likeness (QED) is 0.375. The van der Waals surface area contributed by atoms with Gasteiger partial charge >= 0.3 is 11.9 Å². The third-order valence-electron chi connectivity index (χ3n) is 11.5. The number of cyclic esters (lactones) is 1. The number of carbonyl (C=O) groups excluding carboxylic acids is 3. The molecule has 0 aromatic heterocycles. The second-order valence-electron chi connectivity index (χ2n) is 13.1. The summed E-state index contributed by atoms with van der Waals surface area (Å²) in [4.78, 5) is 38.2. The van der Waals surface area contributed by atoms with Crippen molar-refractivity contribution in [2.45, 2.75) is 110 Å². The molecule has 5 aliphatic rings. The number of hydrogen-bond acceptors (Lipinski definition) is 8. The molecule has 8 heteroatoms. The minimum atomic E-state index is -1.46. The number of aliphatic hydroxyl groups excluding tert-OH is 2. The van der Waals surface area contributed by atoms with Crippen LogP contribution in [-0.4, -0.2) is 63.1 Å². The fourth-order valence-electron chi connectivity index (χ4n) is 9.08. The molecule has 0 aromatic rings. The normalized spacial score (nSPS) is 47.4. The average molecular weight is 531 g/mol. The Bertz CT molecular complexity index is 1120. The van der Waals surface area contributed by atoms with Gasteiger partial charge in [-0.2, -0.15) is 0 Å². The largest absolute Gasteiger partial charge is 0.458 e. The van der Waals surface area contributed by atoms with Crippen LogP contribution in [0.5, 0.6) is 0 Å². The van der Waals surface area contributed by atoms with Crippen molar-refractivity contribution in [1.82, 2.24) is 0 Å². The summed E-state index contributed by atoms with van der Waals surface area (Å²) in [5.74, 6) is -2.07. The molecule has 8 nitrogen and oxygen atoms in total. The molecule has 0 saturated heterocycles. The van der Waals surface area contributed by atoms with E-state index < -0.39 is 46.8 Å². The zero-order chi connectivity index (χ0) is 27.9. The van der Waals surface area contributed by atoms with Gasteiger partial charge in [0.2, 0.25) is 0 Å². The van der Waals surface area contributed by atoms with Crippen molar-refractivity contribution in [3.05, 3.63) is 22.8 Å². The maximum atomic E-state index is 13.5. The second-order valence-corrected chi connectivity index (χ2v) is 13.1. The Labute approximate surface area is 224 Å². The van der Waals surface area contributed by atoms with Gasteiger partial charge in [0.05, 0.1) is 12.2 Å². The number of Topliss-reactive ketones (excluding diaryl/α,β-unsaturated/α-hetero) is 1. The topological polar surface area (TPSA) is 130 Å². The zero-order valence-electron chi connectivity index (χ0n) is 23.3. The highest BCUT2D eigenvalue weighted by Crippen LogP contribution is 2.68. The second kappa shape index (κ2) is 9.00. The molecule has 0 spiro atoms. The first-order valence-corrected chi connectivity index (χ1v) is 14.1. The predicted molar refractivity (Wildman–Crippen MR) is 137 cm³/mol. The Balaban J connectivity index is 1.54. The number of fused-ring (bicyclic) bond motifs is 5. The molecular formula is C30H42O8. The molecule has 38 heavy (non-hydrogen) atoms. The molecule has 4 aliphatic carbocycles. The Kier molecular flexibility index (Phi) is 6.52. The maximum absolute atomic E-state index is 13.5. The third kappa shape index (κ3) is 3.55. The number of ketones is 1. The van der Waals surface area contributed by atoms with Gasteiger partial charge in [-0.05, 0) is 63.4 Å². The molecule has 1 aliphatic heterocycles. The Hall–Kier alpha value is -2.03. The number of aliphatic hydroxyl groups is 3. The van der Waals surface area contributed by atoms with Gasteiger partial charge in [0.1, 0.15) is 23.6 Å². The first-order chi connectivity index (χ1) is 17.7. The van der Waals surface area contributed by atoms with Crippen molar-refractivity contribution in [3.8, 4) is 0 Å². The lowest BCUT2D eigenvalue weighted by Gasteiger charge is -2.63. The molecule has 0 amide bonds. The standard InChI is InChI=1S/C30H42O8/c1-14-11-23(38-27(35)15(14)2)16(3)21-12-25(37-17(4)31)30(36)19-7-8-20-26(34)22(32)13-24(33)29(20,6)18(19)9-10-28(21,30)5/h12,16,18-20,22-23,25-26,32,34,36H,7-11,13H2,1-6H3/t16-,18-,19+,20-,22-,23+,25-,26+,28+,29+,30-/m0/s1. The number of rotatable bonds is 3. The number of ether oxygens (including phenoxy) is 2. The van der Waals surface area contributed by atoms with Gasteiger partial charge in [-0.3, -0.25) is 9.59 Å². The van der Waals surface area contributed by atoms with Crippen LogP contribution in [0.15, 0.2) is 22.8 Å². The van der Waals surface area contributed by atoms with Crippen LogP contribution >= 0.6 is 0 Å².